The van der Waals surface area contributed by atoms with E-state index in [1.807, 2.05) is 13.8 Å². The number of hydrogen-bond donors (Lipinski definition) is 4. The van der Waals surface area contributed by atoms with E-state index in [1.54, 1.807) is 0 Å². The Hall–Kier alpha value is -0.971. The van der Waals surface area contributed by atoms with Gasteiger partial charge < -0.3 is 30.7 Å². The van der Waals surface area contributed by atoms with Crippen LogP contribution in [0.3, 0.4) is 0 Å². The average Bonchev–Trinajstić information content (AvgIpc) is 3.06. The van der Waals surface area contributed by atoms with Crippen LogP contribution in [0.4, 0.5) is 0 Å². The van der Waals surface area contributed by atoms with Gasteiger partial charge in [0, 0.05) is 50.3 Å². The number of carbonyl (C=O) groups is 2. The molecule has 0 unspecified atom stereocenters. The summed E-state index contributed by atoms with van der Waals surface area (Å²) in [6.45, 7) is 7.03. The maximum atomic E-state index is 13.8. The normalized spacial score (nSPS) is 26.5. The molecule has 0 spiro atoms. The van der Waals surface area contributed by atoms with Crippen LogP contribution in [0.25, 0.3) is 0 Å². The number of aromatic nitrogens is 1. The van der Waals surface area contributed by atoms with Gasteiger partial charge in [-0.3, -0.25) is 4.98 Å². The molecule has 0 radical (unpaired) electrons. The predicted octanol–water partition coefficient (Wildman–Crippen LogP) is 5.85. The van der Waals surface area contributed by atoms with Gasteiger partial charge in [0.1, 0.15) is 0 Å². The van der Waals surface area contributed by atoms with Crippen LogP contribution in [0.15, 0.2) is 0 Å². The third-order valence-corrected chi connectivity index (χ3v) is 9.89. The van der Waals surface area contributed by atoms with Crippen molar-refractivity contribution in [2.75, 3.05) is 26.3 Å². The Morgan fingerprint density at radius 3 is 1.44 bits per heavy atom. The van der Waals surface area contributed by atoms with Crippen LogP contribution in [0.1, 0.15) is 141 Å². The molecule has 255 valence electrons. The summed E-state index contributed by atoms with van der Waals surface area (Å²) in [5.41, 5.74) is 3.21. The molecular formula is C33H53Cl2MnN5O4. The van der Waals surface area contributed by atoms with Crippen LogP contribution in [0, 0.1) is 0 Å². The number of rotatable bonds is 5. The second-order valence-corrected chi connectivity index (χ2v) is 14.6. The Labute approximate surface area is 284 Å². The second-order valence-electron chi connectivity index (χ2n) is 12.7. The molecule has 1 aliphatic heterocycles. The van der Waals surface area contributed by atoms with E-state index in [9.17, 15) is 9.59 Å². The monoisotopic (exact) mass is 708 g/mol. The quantitative estimate of drug-likeness (QED) is 0.221. The van der Waals surface area contributed by atoms with E-state index in [4.69, 9.17) is 34.7 Å². The summed E-state index contributed by atoms with van der Waals surface area (Å²) in [5.74, 6) is -0.645. The van der Waals surface area contributed by atoms with E-state index in [0.29, 0.717) is 59.8 Å². The van der Waals surface area contributed by atoms with Crippen molar-refractivity contribution in [2.24, 2.45) is 0 Å². The molecule has 4 atom stereocenters. The Kier molecular flexibility index (Phi) is 16.2. The molecule has 5 rings (SSSR count). The number of fused-ring (bicyclic) bond motifs is 4. The zero-order valence-corrected chi connectivity index (χ0v) is 29.7. The fraction of sp³-hybridized carbons (Fsp3) is 0.788. The Morgan fingerprint density at radius 2 is 1.04 bits per heavy atom. The zero-order valence-electron chi connectivity index (χ0n) is 27.0. The Bertz CT molecular complexity index is 1020. The molecule has 4 N–H and O–H groups in total. The van der Waals surface area contributed by atoms with Crippen molar-refractivity contribution in [1.82, 2.24) is 26.3 Å². The number of carbonyl (C=O) groups excluding carboxylic acids is 2. The first-order valence-electron chi connectivity index (χ1n) is 17.2. The van der Waals surface area contributed by atoms with Gasteiger partial charge in [0.15, 0.2) is 0 Å². The number of nitrogens with one attached hydrogen (secondary N) is 4. The molecule has 45 heavy (non-hydrogen) atoms. The zero-order chi connectivity index (χ0) is 32.0. The molecule has 1 aromatic rings. The molecule has 3 aliphatic carbocycles. The van der Waals surface area contributed by atoms with Crippen molar-refractivity contribution in [2.45, 2.75) is 140 Å². The number of pyridine rings is 1. The van der Waals surface area contributed by atoms with Gasteiger partial charge in [-0.05, 0) is 63.9 Å². The molecular weight excluding hydrogens is 656 g/mol. The second kappa shape index (κ2) is 19.8. The average molecular weight is 710 g/mol. The van der Waals surface area contributed by atoms with Crippen molar-refractivity contribution in [1.29, 1.82) is 0 Å². The van der Waals surface area contributed by atoms with Crippen LogP contribution in [0.2, 0.25) is 0 Å². The van der Waals surface area contributed by atoms with Crippen molar-refractivity contribution in [3.63, 3.8) is 0 Å². The fourth-order valence-corrected chi connectivity index (χ4v) is 7.84. The van der Waals surface area contributed by atoms with Gasteiger partial charge in [0.05, 0.1) is 35.7 Å². The number of ether oxygens (including phenoxy) is 2. The first-order valence-corrected chi connectivity index (χ1v) is 20.5. The van der Waals surface area contributed by atoms with E-state index in [1.165, 1.54) is 32.1 Å². The van der Waals surface area contributed by atoms with Crippen LogP contribution >= 0.6 is 20.2 Å². The molecule has 0 amide bonds. The molecule has 3 saturated carbocycles. The molecule has 3 fully saturated rings. The Balaban J connectivity index is 0.00000148. The molecule has 1 aromatic heterocycles. The SMILES string of the molecule is CCOC(=O)c1c2nc(c(C(=O)OCC)c1C1CCCCC1)CN[C@@H]1CCCC[C@H]1NCCN[C@@H]1CCCC[C@H]1NC2.[Cl][Mn][Cl]. The standard InChI is InChI=1S/C33H53N5O4.2ClH.Mn/c1-3-41-32(39)30-27-20-36-25-16-10-8-14-23(25)34-18-19-35-24-15-9-11-17-26(24)37-21-28(38-27)31(33(40)42-4-2)29(30)22-12-6-5-7-13-22;;;/h22-26,34-37H,3-21H2,1-2H3;2*1H;/q;;;+2/p-2/t23-,24-,25-,26-;;;/m1.../s1. The predicted molar refractivity (Wildman–Crippen MR) is 175 cm³/mol. The van der Waals surface area contributed by atoms with Gasteiger partial charge in [-0.2, -0.15) is 0 Å². The summed E-state index contributed by atoms with van der Waals surface area (Å²) >= 11 is 0.00694. The molecule has 4 aliphatic rings. The van der Waals surface area contributed by atoms with Crippen molar-refractivity contribution in [3.05, 3.63) is 28.1 Å². The topological polar surface area (TPSA) is 114 Å². The van der Waals surface area contributed by atoms with Gasteiger partial charge in [-0.25, -0.2) is 9.59 Å². The van der Waals surface area contributed by atoms with Gasteiger partial charge >= 0.3 is 45.3 Å². The van der Waals surface area contributed by atoms with E-state index < -0.39 is 0 Å². The summed E-state index contributed by atoms with van der Waals surface area (Å²) < 4.78 is 11.3. The van der Waals surface area contributed by atoms with Crippen molar-refractivity contribution >= 4 is 32.1 Å². The van der Waals surface area contributed by atoms with Crippen LogP contribution in [-0.4, -0.2) is 67.4 Å². The van der Waals surface area contributed by atoms with Crippen LogP contribution in [0.5, 0.6) is 0 Å². The summed E-state index contributed by atoms with van der Waals surface area (Å²) in [7, 11) is 9.59. The minimum atomic E-state index is -0.375. The summed E-state index contributed by atoms with van der Waals surface area (Å²) in [4.78, 5) is 32.7. The first kappa shape index (κ1) is 36.9. The summed E-state index contributed by atoms with van der Waals surface area (Å²) in [6.07, 6.45) is 14.6. The molecule has 2 heterocycles. The van der Waals surface area contributed by atoms with Crippen molar-refractivity contribution in [3.8, 4) is 0 Å². The van der Waals surface area contributed by atoms with Gasteiger partial charge in [-0.15, -0.1) is 0 Å². The Morgan fingerprint density at radius 1 is 0.667 bits per heavy atom. The van der Waals surface area contributed by atoms with Gasteiger partial charge in [-0.1, -0.05) is 44.9 Å². The van der Waals surface area contributed by atoms with Gasteiger partial charge in [0.25, 0.3) is 0 Å². The van der Waals surface area contributed by atoms with Crippen LogP contribution in [-0.2, 0) is 35.7 Å². The molecule has 0 saturated heterocycles. The van der Waals surface area contributed by atoms with Crippen LogP contribution < -0.4 is 21.3 Å². The fourth-order valence-electron chi connectivity index (χ4n) is 7.84. The molecule has 0 aromatic carbocycles. The van der Waals surface area contributed by atoms with E-state index in [2.05, 4.69) is 21.3 Å². The third kappa shape index (κ3) is 10.3. The molecule has 12 heteroatoms. The molecule has 2 bridgehead atoms. The number of nitrogens with zero attached hydrogens (tertiary/aromatic N) is 1. The van der Waals surface area contributed by atoms with Gasteiger partial charge in [0.2, 0.25) is 0 Å². The molecule has 9 nitrogen and oxygen atoms in total. The van der Waals surface area contributed by atoms with E-state index in [-0.39, 0.29) is 44.2 Å². The first-order chi connectivity index (χ1) is 22.0. The van der Waals surface area contributed by atoms with Crippen molar-refractivity contribution < 1.29 is 32.2 Å². The van der Waals surface area contributed by atoms with E-state index >= 15 is 0 Å². The third-order valence-electron chi connectivity index (χ3n) is 9.89. The number of esters is 2. The number of halogens is 2. The minimum absolute atomic E-state index is 0.00694. The summed E-state index contributed by atoms with van der Waals surface area (Å²) in [5, 5.41) is 15.3. The van der Waals surface area contributed by atoms with E-state index in [0.717, 1.165) is 70.0 Å². The number of hydrogen-bond acceptors (Lipinski definition) is 9. The summed E-state index contributed by atoms with van der Waals surface area (Å²) in [6, 6.07) is 1.36. The maximum absolute atomic E-state index is 13.8.